The van der Waals surface area contributed by atoms with E-state index >= 15 is 0 Å². The summed E-state index contributed by atoms with van der Waals surface area (Å²) in [6.45, 7) is 0.461. The highest BCUT2D eigenvalue weighted by atomic mass is 16.5. The van der Waals surface area contributed by atoms with Gasteiger partial charge >= 0.3 is 0 Å². The molecule has 0 aliphatic rings. The van der Waals surface area contributed by atoms with Crippen LogP contribution in [0.4, 0.5) is 5.69 Å². The average molecular weight is 279 g/mol. The van der Waals surface area contributed by atoms with E-state index in [0.717, 1.165) is 11.3 Å². The standard InChI is InChI=1S/C15H13N5O/c1-3-6-17-10-4-5-11(13(7-10)21-2)14-19-12-8-16-9-18-15(12)20-14/h1,4-5,7-9,17H,6H2,2H3,(H,16,18,19,20). The van der Waals surface area contributed by atoms with Crippen molar-refractivity contribution >= 4 is 16.9 Å². The summed E-state index contributed by atoms with van der Waals surface area (Å²) in [5.41, 5.74) is 3.15. The Bertz CT molecular complexity index is 785. The first-order chi connectivity index (χ1) is 10.3. The summed E-state index contributed by atoms with van der Waals surface area (Å²) in [5, 5.41) is 3.11. The first-order valence-corrected chi connectivity index (χ1v) is 6.33. The molecule has 0 bridgehead atoms. The Labute approximate surface area is 121 Å². The molecule has 6 heteroatoms. The molecule has 0 fully saturated rings. The number of fused-ring (bicyclic) bond motifs is 1. The van der Waals surface area contributed by atoms with Crippen LogP contribution in [0, 0.1) is 12.3 Å². The molecule has 6 nitrogen and oxygen atoms in total. The fraction of sp³-hybridized carbons (Fsp3) is 0.133. The molecule has 3 rings (SSSR count). The van der Waals surface area contributed by atoms with Crippen LogP contribution in [0.25, 0.3) is 22.6 Å². The summed E-state index contributed by atoms with van der Waals surface area (Å²) >= 11 is 0. The van der Waals surface area contributed by atoms with Gasteiger partial charge in [0.05, 0.1) is 25.4 Å². The first kappa shape index (κ1) is 12.9. The summed E-state index contributed by atoms with van der Waals surface area (Å²) in [4.78, 5) is 15.7. The minimum Gasteiger partial charge on any atom is -0.496 e. The highest BCUT2D eigenvalue weighted by Gasteiger charge is 2.11. The first-order valence-electron chi connectivity index (χ1n) is 6.33. The lowest BCUT2D eigenvalue weighted by Gasteiger charge is -2.09. The van der Waals surface area contributed by atoms with E-state index in [1.165, 1.54) is 6.33 Å². The predicted molar refractivity (Wildman–Crippen MR) is 81.0 cm³/mol. The fourth-order valence-electron chi connectivity index (χ4n) is 2.04. The molecule has 0 saturated heterocycles. The van der Waals surface area contributed by atoms with E-state index in [9.17, 15) is 0 Å². The molecular weight excluding hydrogens is 266 g/mol. The minimum absolute atomic E-state index is 0.461. The third-order valence-electron chi connectivity index (χ3n) is 3.01. The Morgan fingerprint density at radius 2 is 2.33 bits per heavy atom. The largest absolute Gasteiger partial charge is 0.496 e. The van der Waals surface area contributed by atoms with E-state index < -0.39 is 0 Å². The lowest BCUT2D eigenvalue weighted by Crippen LogP contribution is -1.99. The van der Waals surface area contributed by atoms with Crippen LogP contribution in [0.1, 0.15) is 0 Å². The highest BCUT2D eigenvalue weighted by Crippen LogP contribution is 2.31. The molecule has 1 aromatic carbocycles. The van der Waals surface area contributed by atoms with Crippen molar-refractivity contribution in [1.29, 1.82) is 0 Å². The number of terminal acetylenes is 1. The van der Waals surface area contributed by atoms with Crippen molar-refractivity contribution in [1.82, 2.24) is 19.9 Å². The molecule has 2 N–H and O–H groups in total. The third kappa shape index (κ3) is 2.49. The number of anilines is 1. The van der Waals surface area contributed by atoms with Crippen molar-refractivity contribution in [2.45, 2.75) is 0 Å². The van der Waals surface area contributed by atoms with Gasteiger partial charge in [-0.3, -0.25) is 0 Å². The summed E-state index contributed by atoms with van der Waals surface area (Å²) in [6, 6.07) is 5.72. The van der Waals surface area contributed by atoms with Crippen molar-refractivity contribution in [3.8, 4) is 29.5 Å². The fourth-order valence-corrected chi connectivity index (χ4v) is 2.04. The van der Waals surface area contributed by atoms with E-state index in [1.807, 2.05) is 18.2 Å². The molecule has 104 valence electrons. The van der Waals surface area contributed by atoms with Gasteiger partial charge in [-0.2, -0.15) is 0 Å². The molecule has 0 spiro atoms. The van der Waals surface area contributed by atoms with Crippen molar-refractivity contribution in [3.05, 3.63) is 30.7 Å². The average Bonchev–Trinajstić information content (AvgIpc) is 2.96. The number of benzene rings is 1. The van der Waals surface area contributed by atoms with E-state index in [-0.39, 0.29) is 0 Å². The molecular formula is C15H13N5O. The molecule has 2 heterocycles. The number of nitrogens with one attached hydrogen (secondary N) is 2. The quantitative estimate of drug-likeness (QED) is 0.715. The summed E-state index contributed by atoms with van der Waals surface area (Å²) < 4.78 is 5.43. The van der Waals surface area contributed by atoms with Crippen LogP contribution in [0.3, 0.4) is 0 Å². The van der Waals surface area contributed by atoms with Crippen LogP contribution in [-0.4, -0.2) is 33.6 Å². The monoisotopic (exact) mass is 279 g/mol. The van der Waals surface area contributed by atoms with Gasteiger partial charge in [-0.25, -0.2) is 15.0 Å². The van der Waals surface area contributed by atoms with Crippen LogP contribution >= 0.6 is 0 Å². The van der Waals surface area contributed by atoms with Gasteiger partial charge in [0.2, 0.25) is 0 Å². The van der Waals surface area contributed by atoms with Crippen LogP contribution < -0.4 is 10.1 Å². The molecule has 0 aliphatic carbocycles. The van der Waals surface area contributed by atoms with Crippen molar-refractivity contribution < 1.29 is 4.74 Å². The number of imidazole rings is 1. The SMILES string of the molecule is C#CCNc1ccc(-c2nc3cncnc3[nH]2)c(OC)c1. The molecule has 0 amide bonds. The van der Waals surface area contributed by atoms with Gasteiger partial charge in [-0.15, -0.1) is 6.42 Å². The highest BCUT2D eigenvalue weighted by molar-refractivity contribution is 5.78. The van der Waals surface area contributed by atoms with E-state index in [2.05, 4.69) is 31.2 Å². The zero-order valence-electron chi connectivity index (χ0n) is 11.4. The van der Waals surface area contributed by atoms with Crippen LogP contribution in [0.5, 0.6) is 5.75 Å². The molecule has 21 heavy (non-hydrogen) atoms. The maximum absolute atomic E-state index is 5.43. The maximum Gasteiger partial charge on any atom is 0.161 e. The molecule has 0 aliphatic heterocycles. The summed E-state index contributed by atoms with van der Waals surface area (Å²) in [5.74, 6) is 3.92. The van der Waals surface area contributed by atoms with Crippen molar-refractivity contribution in [3.63, 3.8) is 0 Å². The van der Waals surface area contributed by atoms with Gasteiger partial charge in [0, 0.05) is 11.8 Å². The predicted octanol–water partition coefficient (Wildman–Crippen LogP) is 2.07. The number of aromatic nitrogens is 4. The smallest absolute Gasteiger partial charge is 0.161 e. The second-order valence-electron chi connectivity index (χ2n) is 4.31. The van der Waals surface area contributed by atoms with E-state index in [1.54, 1.807) is 13.3 Å². The maximum atomic E-state index is 5.43. The van der Waals surface area contributed by atoms with Crippen LogP contribution in [0.15, 0.2) is 30.7 Å². The molecule has 0 unspecified atom stereocenters. The van der Waals surface area contributed by atoms with Gasteiger partial charge in [0.15, 0.2) is 5.65 Å². The minimum atomic E-state index is 0.461. The number of H-pyrrole nitrogens is 1. The van der Waals surface area contributed by atoms with Crippen molar-refractivity contribution in [2.24, 2.45) is 0 Å². The van der Waals surface area contributed by atoms with E-state index in [4.69, 9.17) is 11.2 Å². The second-order valence-corrected chi connectivity index (χ2v) is 4.31. The number of aromatic amines is 1. The topological polar surface area (TPSA) is 75.7 Å². The zero-order chi connectivity index (χ0) is 14.7. The van der Waals surface area contributed by atoms with Gasteiger partial charge in [0.25, 0.3) is 0 Å². The van der Waals surface area contributed by atoms with Gasteiger partial charge < -0.3 is 15.0 Å². The summed E-state index contributed by atoms with van der Waals surface area (Å²) in [6.07, 6.45) is 8.38. The molecule has 0 atom stereocenters. The Morgan fingerprint density at radius 3 is 3.10 bits per heavy atom. The number of ether oxygens (including phenoxy) is 1. The molecule has 2 aromatic heterocycles. The Balaban J connectivity index is 2.03. The zero-order valence-corrected chi connectivity index (χ0v) is 11.4. The number of hydrogen-bond donors (Lipinski definition) is 2. The van der Waals surface area contributed by atoms with Gasteiger partial charge in [-0.1, -0.05) is 5.92 Å². The lowest BCUT2D eigenvalue weighted by molar-refractivity contribution is 0.416. The van der Waals surface area contributed by atoms with Crippen molar-refractivity contribution in [2.75, 3.05) is 19.0 Å². The Kier molecular flexibility index (Phi) is 3.39. The Hall–Kier alpha value is -3.07. The molecule has 3 aromatic rings. The second kappa shape index (κ2) is 5.51. The number of nitrogens with zero attached hydrogens (tertiary/aromatic N) is 3. The summed E-state index contributed by atoms with van der Waals surface area (Å²) in [7, 11) is 1.62. The molecule has 0 saturated carbocycles. The van der Waals surface area contributed by atoms with Gasteiger partial charge in [0.1, 0.15) is 23.4 Å². The molecule has 0 radical (unpaired) electrons. The third-order valence-corrected chi connectivity index (χ3v) is 3.01. The van der Waals surface area contributed by atoms with Crippen LogP contribution in [-0.2, 0) is 0 Å². The number of methoxy groups -OCH3 is 1. The number of rotatable bonds is 4. The van der Waals surface area contributed by atoms with Crippen LogP contribution in [0.2, 0.25) is 0 Å². The normalized spacial score (nSPS) is 10.3. The lowest BCUT2D eigenvalue weighted by atomic mass is 10.1. The van der Waals surface area contributed by atoms with Gasteiger partial charge in [-0.05, 0) is 12.1 Å². The van der Waals surface area contributed by atoms with E-state index in [0.29, 0.717) is 29.3 Å². The Morgan fingerprint density at radius 1 is 1.43 bits per heavy atom. The number of hydrogen-bond acceptors (Lipinski definition) is 5.